The Labute approximate surface area is 104 Å². The molecule has 0 radical (unpaired) electrons. The Kier molecular flexibility index (Phi) is 2.78. The lowest BCUT2D eigenvalue weighted by molar-refractivity contribution is 0.0987. The highest BCUT2D eigenvalue weighted by molar-refractivity contribution is 6.30. The zero-order valence-corrected chi connectivity index (χ0v) is 9.88. The first-order chi connectivity index (χ1) is 8.24. The van der Waals surface area contributed by atoms with Crippen molar-refractivity contribution in [2.75, 3.05) is 0 Å². The van der Waals surface area contributed by atoms with Crippen molar-refractivity contribution < 1.29 is 9.13 Å². The standard InChI is InChI=1S/C13H11ClFNO/c14-13-10(11(15)5-6-16-13)3-1-8-7-9-2-4-12(8)17-9/h5-6,8-9,12H,2,4,7H2. The zero-order valence-electron chi connectivity index (χ0n) is 9.12. The molecule has 2 aliphatic rings. The largest absolute Gasteiger partial charge is 0.374 e. The van der Waals surface area contributed by atoms with Crippen molar-refractivity contribution in [1.82, 2.24) is 4.98 Å². The van der Waals surface area contributed by atoms with Crippen LogP contribution in [0.2, 0.25) is 5.15 Å². The fourth-order valence-electron chi connectivity index (χ4n) is 2.48. The second kappa shape index (κ2) is 4.29. The van der Waals surface area contributed by atoms with Crippen molar-refractivity contribution in [3.63, 3.8) is 0 Å². The van der Waals surface area contributed by atoms with Crippen molar-refractivity contribution in [2.45, 2.75) is 31.5 Å². The lowest BCUT2D eigenvalue weighted by Crippen LogP contribution is -2.14. The second-order valence-electron chi connectivity index (χ2n) is 4.44. The van der Waals surface area contributed by atoms with Crippen LogP contribution in [0.1, 0.15) is 24.8 Å². The predicted molar refractivity (Wildman–Crippen MR) is 62.1 cm³/mol. The fourth-order valence-corrected chi connectivity index (χ4v) is 2.67. The van der Waals surface area contributed by atoms with E-state index < -0.39 is 5.82 Å². The number of halogens is 2. The Bertz CT molecular complexity index is 488. The van der Waals surface area contributed by atoms with Gasteiger partial charge < -0.3 is 4.74 Å². The van der Waals surface area contributed by atoms with Crippen molar-refractivity contribution in [3.8, 4) is 11.8 Å². The molecule has 0 N–H and O–H groups in total. The van der Waals surface area contributed by atoms with Crippen molar-refractivity contribution >= 4 is 11.6 Å². The van der Waals surface area contributed by atoms with Crippen LogP contribution in [0.4, 0.5) is 4.39 Å². The molecular formula is C13H11ClFNO. The third kappa shape index (κ3) is 2.03. The van der Waals surface area contributed by atoms with E-state index in [1.165, 1.54) is 12.3 Å². The first kappa shape index (κ1) is 11.0. The van der Waals surface area contributed by atoms with E-state index in [9.17, 15) is 4.39 Å². The van der Waals surface area contributed by atoms with Gasteiger partial charge >= 0.3 is 0 Å². The van der Waals surface area contributed by atoms with Gasteiger partial charge in [0, 0.05) is 12.1 Å². The van der Waals surface area contributed by atoms with Crippen LogP contribution in [-0.2, 0) is 4.74 Å². The molecule has 17 heavy (non-hydrogen) atoms. The maximum Gasteiger partial charge on any atom is 0.147 e. The average molecular weight is 252 g/mol. The molecule has 88 valence electrons. The number of hydrogen-bond donors (Lipinski definition) is 0. The summed E-state index contributed by atoms with van der Waals surface area (Å²) >= 11 is 5.81. The third-order valence-electron chi connectivity index (χ3n) is 3.34. The van der Waals surface area contributed by atoms with Gasteiger partial charge in [0.2, 0.25) is 0 Å². The molecule has 1 aromatic heterocycles. The van der Waals surface area contributed by atoms with Crippen molar-refractivity contribution in [3.05, 3.63) is 28.8 Å². The van der Waals surface area contributed by atoms with Gasteiger partial charge in [-0.25, -0.2) is 9.37 Å². The summed E-state index contributed by atoms with van der Waals surface area (Å²) in [4.78, 5) is 3.82. The molecule has 2 bridgehead atoms. The van der Waals surface area contributed by atoms with E-state index >= 15 is 0 Å². The Morgan fingerprint density at radius 1 is 1.47 bits per heavy atom. The number of nitrogens with zero attached hydrogens (tertiary/aromatic N) is 1. The molecule has 3 unspecified atom stereocenters. The summed E-state index contributed by atoms with van der Waals surface area (Å²) in [7, 11) is 0. The van der Waals surface area contributed by atoms with Crippen LogP contribution >= 0.6 is 11.6 Å². The molecule has 0 aliphatic carbocycles. The molecule has 0 saturated carbocycles. The zero-order chi connectivity index (χ0) is 11.8. The van der Waals surface area contributed by atoms with Gasteiger partial charge in [-0.05, 0) is 25.3 Å². The lowest BCUT2D eigenvalue weighted by Gasteiger charge is -2.11. The maximum atomic E-state index is 13.5. The van der Waals surface area contributed by atoms with Crippen LogP contribution in [0.5, 0.6) is 0 Å². The van der Waals surface area contributed by atoms with Gasteiger partial charge in [0.25, 0.3) is 0 Å². The molecule has 2 fully saturated rings. The number of aromatic nitrogens is 1. The highest BCUT2D eigenvalue weighted by Crippen LogP contribution is 2.38. The molecule has 3 rings (SSSR count). The molecule has 2 aliphatic heterocycles. The van der Waals surface area contributed by atoms with Gasteiger partial charge in [-0.2, -0.15) is 0 Å². The van der Waals surface area contributed by atoms with Gasteiger partial charge in [-0.3, -0.25) is 0 Å². The SMILES string of the molecule is Fc1ccnc(Cl)c1C#CC1CC2CCC1O2. The maximum absolute atomic E-state index is 13.5. The molecule has 1 aromatic rings. The molecule has 0 aromatic carbocycles. The number of ether oxygens (including phenoxy) is 1. The quantitative estimate of drug-likeness (QED) is 0.523. The van der Waals surface area contributed by atoms with E-state index in [2.05, 4.69) is 16.8 Å². The minimum atomic E-state index is -0.415. The van der Waals surface area contributed by atoms with Crippen LogP contribution < -0.4 is 0 Å². The summed E-state index contributed by atoms with van der Waals surface area (Å²) in [6.07, 6.45) is 5.07. The minimum absolute atomic E-state index is 0.126. The lowest BCUT2D eigenvalue weighted by atomic mass is 9.89. The summed E-state index contributed by atoms with van der Waals surface area (Å²) in [6.45, 7) is 0. The molecule has 0 spiro atoms. The van der Waals surface area contributed by atoms with Crippen LogP contribution in [0, 0.1) is 23.6 Å². The van der Waals surface area contributed by atoms with Crippen molar-refractivity contribution in [1.29, 1.82) is 0 Å². The van der Waals surface area contributed by atoms with Gasteiger partial charge in [0.15, 0.2) is 0 Å². The monoisotopic (exact) mass is 251 g/mol. The molecule has 4 heteroatoms. The summed E-state index contributed by atoms with van der Waals surface area (Å²) in [6, 6.07) is 1.27. The number of fused-ring (bicyclic) bond motifs is 2. The number of pyridine rings is 1. The third-order valence-corrected chi connectivity index (χ3v) is 3.63. The number of hydrogen-bond acceptors (Lipinski definition) is 2. The topological polar surface area (TPSA) is 22.1 Å². The van der Waals surface area contributed by atoms with E-state index in [4.69, 9.17) is 16.3 Å². The Morgan fingerprint density at radius 2 is 2.35 bits per heavy atom. The van der Waals surface area contributed by atoms with E-state index in [0.717, 1.165) is 19.3 Å². The Morgan fingerprint density at radius 3 is 3.00 bits per heavy atom. The van der Waals surface area contributed by atoms with Gasteiger partial charge in [0.1, 0.15) is 11.0 Å². The van der Waals surface area contributed by atoms with Gasteiger partial charge in [0.05, 0.1) is 17.8 Å². The van der Waals surface area contributed by atoms with Crippen LogP contribution in [0.15, 0.2) is 12.3 Å². The normalized spacial score (nSPS) is 30.1. The average Bonchev–Trinajstić information content (AvgIpc) is 2.90. The van der Waals surface area contributed by atoms with Crippen molar-refractivity contribution in [2.24, 2.45) is 5.92 Å². The predicted octanol–water partition coefficient (Wildman–Crippen LogP) is 2.79. The first-order valence-corrected chi connectivity index (χ1v) is 6.09. The molecule has 2 nitrogen and oxygen atoms in total. The summed E-state index contributed by atoms with van der Waals surface area (Å²) in [5.74, 6) is 5.68. The Balaban J connectivity index is 1.84. The number of rotatable bonds is 0. The summed E-state index contributed by atoms with van der Waals surface area (Å²) in [5.41, 5.74) is 0.192. The van der Waals surface area contributed by atoms with Crippen LogP contribution in [-0.4, -0.2) is 17.2 Å². The van der Waals surface area contributed by atoms with Crippen LogP contribution in [0.25, 0.3) is 0 Å². The second-order valence-corrected chi connectivity index (χ2v) is 4.80. The highest BCUT2D eigenvalue weighted by atomic mass is 35.5. The van der Waals surface area contributed by atoms with E-state index in [-0.39, 0.29) is 22.7 Å². The molecule has 0 amide bonds. The molecule has 3 atom stereocenters. The first-order valence-electron chi connectivity index (χ1n) is 5.71. The molecular weight excluding hydrogens is 241 g/mol. The molecule has 2 saturated heterocycles. The van der Waals surface area contributed by atoms with Crippen LogP contribution in [0.3, 0.4) is 0 Å². The smallest absolute Gasteiger partial charge is 0.147 e. The fraction of sp³-hybridized carbons (Fsp3) is 0.462. The summed E-state index contributed by atoms with van der Waals surface area (Å²) < 4.78 is 19.1. The van der Waals surface area contributed by atoms with Gasteiger partial charge in [-0.15, -0.1) is 0 Å². The minimum Gasteiger partial charge on any atom is -0.374 e. The summed E-state index contributed by atoms with van der Waals surface area (Å²) in [5, 5.41) is 0.126. The van der Waals surface area contributed by atoms with E-state index in [0.29, 0.717) is 6.10 Å². The van der Waals surface area contributed by atoms with Gasteiger partial charge in [-0.1, -0.05) is 23.4 Å². The molecule has 3 heterocycles. The van der Waals surface area contributed by atoms with E-state index in [1.54, 1.807) is 0 Å². The Hall–Kier alpha value is -1.11. The van der Waals surface area contributed by atoms with E-state index in [1.807, 2.05) is 0 Å². The highest BCUT2D eigenvalue weighted by Gasteiger charge is 2.39.